The van der Waals surface area contributed by atoms with Gasteiger partial charge in [0, 0.05) is 29.2 Å². The molecule has 0 aliphatic heterocycles. The normalized spacial score (nSPS) is 10.5. The average molecular weight is 326 g/mol. The number of hydrogen-bond donors (Lipinski definition) is 1. The Bertz CT molecular complexity index is 600. The Balaban J connectivity index is 2.01. The molecule has 112 valence electrons. The van der Waals surface area contributed by atoms with Gasteiger partial charge >= 0.3 is 0 Å². The van der Waals surface area contributed by atoms with E-state index in [1.165, 1.54) is 0 Å². The molecular weight excluding hydrogens is 309 g/mol. The summed E-state index contributed by atoms with van der Waals surface area (Å²) in [4.78, 5) is 0. The summed E-state index contributed by atoms with van der Waals surface area (Å²) in [7, 11) is 3.20. The Labute approximate surface area is 134 Å². The van der Waals surface area contributed by atoms with Crippen LogP contribution in [0, 0.1) is 0 Å². The van der Waals surface area contributed by atoms with Crippen LogP contribution in [-0.2, 0) is 13.1 Å². The van der Waals surface area contributed by atoms with Crippen molar-refractivity contribution in [3.63, 3.8) is 0 Å². The molecule has 0 saturated carbocycles. The summed E-state index contributed by atoms with van der Waals surface area (Å²) in [6, 6.07) is 11.4. The number of rotatable bonds is 6. The number of ether oxygens (including phenoxy) is 2. The van der Waals surface area contributed by atoms with E-state index in [9.17, 15) is 0 Å². The fourth-order valence-electron chi connectivity index (χ4n) is 1.98. The van der Waals surface area contributed by atoms with Crippen molar-refractivity contribution in [1.29, 1.82) is 0 Å². The molecule has 0 saturated heterocycles. The van der Waals surface area contributed by atoms with Crippen molar-refractivity contribution in [2.24, 2.45) is 0 Å². The molecule has 3 nitrogen and oxygen atoms in total. The lowest BCUT2D eigenvalue weighted by Gasteiger charge is -2.12. The first kappa shape index (κ1) is 16.0. The number of nitrogens with one attached hydrogen (secondary N) is 1. The minimum atomic E-state index is 0.629. The third-order valence-corrected chi connectivity index (χ3v) is 3.71. The number of hydrogen-bond acceptors (Lipinski definition) is 3. The minimum absolute atomic E-state index is 0.629. The van der Waals surface area contributed by atoms with Crippen LogP contribution in [0.5, 0.6) is 11.5 Å². The van der Waals surface area contributed by atoms with Gasteiger partial charge in [0.2, 0.25) is 0 Å². The van der Waals surface area contributed by atoms with Crippen LogP contribution in [-0.4, -0.2) is 14.2 Å². The Hall–Kier alpha value is -1.42. The van der Waals surface area contributed by atoms with Crippen LogP contribution in [0.15, 0.2) is 36.4 Å². The zero-order valence-electron chi connectivity index (χ0n) is 12.0. The maximum absolute atomic E-state index is 6.25. The van der Waals surface area contributed by atoms with Gasteiger partial charge in [0.1, 0.15) is 0 Å². The topological polar surface area (TPSA) is 30.5 Å². The summed E-state index contributed by atoms with van der Waals surface area (Å²) in [5, 5.41) is 4.73. The molecule has 0 fully saturated rings. The quantitative estimate of drug-likeness (QED) is 0.858. The van der Waals surface area contributed by atoms with Crippen LogP contribution in [0.25, 0.3) is 0 Å². The smallest absolute Gasteiger partial charge is 0.162 e. The average Bonchev–Trinajstić information content (AvgIpc) is 2.50. The van der Waals surface area contributed by atoms with Crippen LogP contribution in [0.1, 0.15) is 11.1 Å². The van der Waals surface area contributed by atoms with E-state index in [0.29, 0.717) is 23.1 Å². The maximum Gasteiger partial charge on any atom is 0.162 e. The molecule has 2 aromatic rings. The van der Waals surface area contributed by atoms with Crippen molar-refractivity contribution in [2.75, 3.05) is 14.2 Å². The van der Waals surface area contributed by atoms with Crippen LogP contribution >= 0.6 is 23.2 Å². The van der Waals surface area contributed by atoms with Crippen LogP contribution in [0.2, 0.25) is 10.0 Å². The second kappa shape index (κ2) is 7.55. The van der Waals surface area contributed by atoms with Crippen LogP contribution in [0.4, 0.5) is 0 Å². The van der Waals surface area contributed by atoms with Gasteiger partial charge in [-0.3, -0.25) is 0 Å². The molecule has 0 heterocycles. The predicted octanol–water partition coefficient (Wildman–Crippen LogP) is 4.30. The lowest BCUT2D eigenvalue weighted by Crippen LogP contribution is -2.13. The first-order valence-corrected chi connectivity index (χ1v) is 7.25. The molecule has 5 heteroatoms. The molecule has 0 aliphatic rings. The lowest BCUT2D eigenvalue weighted by atomic mass is 10.2. The van der Waals surface area contributed by atoms with Crippen molar-refractivity contribution in [1.82, 2.24) is 5.32 Å². The molecular formula is C16H17Cl2NO2. The monoisotopic (exact) mass is 325 g/mol. The van der Waals surface area contributed by atoms with E-state index in [-0.39, 0.29) is 0 Å². The second-order valence-corrected chi connectivity index (χ2v) is 5.37. The van der Waals surface area contributed by atoms with Gasteiger partial charge in [-0.2, -0.15) is 0 Å². The lowest BCUT2D eigenvalue weighted by molar-refractivity contribution is 0.354. The summed E-state index contributed by atoms with van der Waals surface area (Å²) < 4.78 is 10.5. The molecule has 2 rings (SSSR count). The van der Waals surface area contributed by atoms with Crippen molar-refractivity contribution >= 4 is 23.2 Å². The van der Waals surface area contributed by atoms with E-state index in [2.05, 4.69) is 5.32 Å². The Morgan fingerprint density at radius 1 is 0.905 bits per heavy atom. The predicted molar refractivity (Wildman–Crippen MR) is 86.6 cm³/mol. The van der Waals surface area contributed by atoms with Crippen LogP contribution in [0.3, 0.4) is 0 Å². The molecule has 0 unspecified atom stereocenters. The van der Waals surface area contributed by atoms with Gasteiger partial charge in [0.05, 0.1) is 14.2 Å². The summed E-state index contributed by atoms with van der Waals surface area (Å²) in [5.41, 5.74) is 2.12. The van der Waals surface area contributed by atoms with Crippen molar-refractivity contribution in [2.45, 2.75) is 13.1 Å². The Kier molecular flexibility index (Phi) is 5.74. The molecule has 0 amide bonds. The van der Waals surface area contributed by atoms with E-state index >= 15 is 0 Å². The van der Waals surface area contributed by atoms with E-state index < -0.39 is 0 Å². The standard InChI is InChI=1S/C16H17Cl2NO2/c1-20-15-7-12(14(18)8-16(15)21-2)10-19-9-11-3-5-13(17)6-4-11/h3-8,19H,9-10H2,1-2H3. The van der Waals surface area contributed by atoms with E-state index in [4.69, 9.17) is 32.7 Å². The SMILES string of the molecule is COc1cc(Cl)c(CNCc2ccc(Cl)cc2)cc1OC. The molecule has 21 heavy (non-hydrogen) atoms. The van der Waals surface area contributed by atoms with E-state index in [0.717, 1.165) is 22.7 Å². The first-order valence-electron chi connectivity index (χ1n) is 6.49. The van der Waals surface area contributed by atoms with E-state index in [1.54, 1.807) is 20.3 Å². The largest absolute Gasteiger partial charge is 0.493 e. The number of benzene rings is 2. The maximum atomic E-state index is 6.25. The molecule has 0 atom stereocenters. The number of methoxy groups -OCH3 is 2. The highest BCUT2D eigenvalue weighted by Gasteiger charge is 2.09. The highest BCUT2D eigenvalue weighted by Crippen LogP contribution is 2.32. The zero-order chi connectivity index (χ0) is 15.2. The molecule has 0 radical (unpaired) electrons. The third-order valence-electron chi connectivity index (χ3n) is 3.11. The van der Waals surface area contributed by atoms with Gasteiger partial charge in [0.25, 0.3) is 0 Å². The van der Waals surface area contributed by atoms with E-state index in [1.807, 2.05) is 30.3 Å². The van der Waals surface area contributed by atoms with Gasteiger partial charge in [-0.05, 0) is 29.3 Å². The Morgan fingerprint density at radius 3 is 2.14 bits per heavy atom. The molecule has 0 aromatic heterocycles. The molecule has 0 aliphatic carbocycles. The second-order valence-electron chi connectivity index (χ2n) is 4.53. The van der Waals surface area contributed by atoms with Gasteiger partial charge < -0.3 is 14.8 Å². The van der Waals surface area contributed by atoms with Gasteiger partial charge in [-0.25, -0.2) is 0 Å². The van der Waals surface area contributed by atoms with Crippen molar-refractivity contribution in [3.8, 4) is 11.5 Å². The van der Waals surface area contributed by atoms with Gasteiger partial charge in [-0.15, -0.1) is 0 Å². The van der Waals surface area contributed by atoms with Gasteiger partial charge in [-0.1, -0.05) is 35.3 Å². The van der Waals surface area contributed by atoms with Crippen molar-refractivity contribution < 1.29 is 9.47 Å². The first-order chi connectivity index (χ1) is 10.1. The summed E-state index contributed by atoms with van der Waals surface area (Å²) in [6.07, 6.45) is 0. The van der Waals surface area contributed by atoms with Crippen molar-refractivity contribution in [3.05, 3.63) is 57.6 Å². The molecule has 1 N–H and O–H groups in total. The van der Waals surface area contributed by atoms with Crippen LogP contribution < -0.4 is 14.8 Å². The fourth-order valence-corrected chi connectivity index (χ4v) is 2.32. The fraction of sp³-hybridized carbons (Fsp3) is 0.250. The molecule has 2 aromatic carbocycles. The summed E-state index contributed by atoms with van der Waals surface area (Å²) in [6.45, 7) is 1.38. The highest BCUT2D eigenvalue weighted by molar-refractivity contribution is 6.31. The molecule has 0 bridgehead atoms. The third kappa shape index (κ3) is 4.27. The number of halogens is 2. The van der Waals surface area contributed by atoms with Gasteiger partial charge in [0.15, 0.2) is 11.5 Å². The summed E-state index contributed by atoms with van der Waals surface area (Å²) in [5.74, 6) is 1.30. The molecule has 0 spiro atoms. The Morgan fingerprint density at radius 2 is 1.52 bits per heavy atom. The zero-order valence-corrected chi connectivity index (χ0v) is 13.5. The minimum Gasteiger partial charge on any atom is -0.493 e. The summed E-state index contributed by atoms with van der Waals surface area (Å²) >= 11 is 12.1. The highest BCUT2D eigenvalue weighted by atomic mass is 35.5.